The minimum atomic E-state index is -0.402. The number of carbonyl (C=O) groups is 2. The van der Waals surface area contributed by atoms with Crippen LogP contribution in [0, 0.1) is 6.92 Å². The third-order valence-corrected chi connectivity index (χ3v) is 2.94. The van der Waals surface area contributed by atoms with Crippen LogP contribution in [0.15, 0.2) is 22.7 Å². The first-order valence-corrected chi connectivity index (χ1v) is 6.42. The Morgan fingerprint density at radius 2 is 2.06 bits per heavy atom. The van der Waals surface area contributed by atoms with E-state index < -0.39 is 5.97 Å². The van der Waals surface area contributed by atoms with Crippen LogP contribution in [-0.4, -0.2) is 37.0 Å². The summed E-state index contributed by atoms with van der Waals surface area (Å²) in [6.45, 7) is 3.87. The van der Waals surface area contributed by atoms with Crippen molar-refractivity contribution >= 4 is 27.8 Å². The molecule has 0 unspecified atom stereocenters. The van der Waals surface area contributed by atoms with Crippen molar-refractivity contribution in [2.75, 3.05) is 20.2 Å². The van der Waals surface area contributed by atoms with Crippen LogP contribution < -0.4 is 0 Å². The number of hydrogen-bond donors (Lipinski definition) is 0. The molecule has 0 bridgehead atoms. The van der Waals surface area contributed by atoms with E-state index in [1.54, 1.807) is 20.0 Å². The molecule has 0 spiro atoms. The van der Waals surface area contributed by atoms with Crippen molar-refractivity contribution in [3.05, 3.63) is 33.8 Å². The largest absolute Gasteiger partial charge is 0.465 e. The molecule has 0 N–H and O–H groups in total. The van der Waals surface area contributed by atoms with Gasteiger partial charge in [-0.3, -0.25) is 9.59 Å². The Hall–Kier alpha value is -1.36. The van der Waals surface area contributed by atoms with Gasteiger partial charge in [-0.1, -0.05) is 22.0 Å². The molecule has 0 atom stereocenters. The van der Waals surface area contributed by atoms with Crippen molar-refractivity contribution in [2.45, 2.75) is 13.8 Å². The lowest BCUT2D eigenvalue weighted by molar-refractivity contribution is -0.143. The quantitative estimate of drug-likeness (QED) is 0.802. The number of likely N-dealkylation sites (N-methyl/N-ethyl adjacent to an activating group) is 1. The molecule has 5 heteroatoms. The van der Waals surface area contributed by atoms with Crippen LogP contribution in [0.2, 0.25) is 0 Å². The van der Waals surface area contributed by atoms with Gasteiger partial charge in [-0.25, -0.2) is 0 Å². The van der Waals surface area contributed by atoms with Crippen LogP contribution in [0.4, 0.5) is 0 Å². The summed E-state index contributed by atoms with van der Waals surface area (Å²) < 4.78 is 5.64. The Morgan fingerprint density at radius 3 is 2.67 bits per heavy atom. The average Bonchev–Trinajstić information content (AvgIpc) is 2.31. The topological polar surface area (TPSA) is 46.6 Å². The number of rotatable bonds is 4. The Morgan fingerprint density at radius 1 is 1.39 bits per heavy atom. The standard InChI is InChI=1S/C13H16BrNO3/c1-4-18-12(16)8-15(3)13(17)11-7-10(14)6-5-9(11)2/h5-7H,4,8H2,1-3H3. The van der Waals surface area contributed by atoms with Gasteiger partial charge >= 0.3 is 5.97 Å². The minimum Gasteiger partial charge on any atom is -0.465 e. The second-order valence-corrected chi connectivity index (χ2v) is 4.84. The van der Waals surface area contributed by atoms with E-state index in [2.05, 4.69) is 15.9 Å². The van der Waals surface area contributed by atoms with E-state index in [1.165, 1.54) is 4.90 Å². The second kappa shape index (κ2) is 6.54. The highest BCUT2D eigenvalue weighted by Gasteiger charge is 2.17. The summed E-state index contributed by atoms with van der Waals surface area (Å²) in [5.41, 5.74) is 1.45. The molecule has 0 saturated carbocycles. The fourth-order valence-electron chi connectivity index (χ4n) is 1.50. The first-order chi connectivity index (χ1) is 8.45. The van der Waals surface area contributed by atoms with E-state index in [0.29, 0.717) is 12.2 Å². The number of ether oxygens (including phenoxy) is 1. The molecule has 1 aromatic rings. The molecule has 0 aromatic heterocycles. The third kappa shape index (κ3) is 3.84. The van der Waals surface area contributed by atoms with Crippen LogP contribution in [0.3, 0.4) is 0 Å². The van der Waals surface area contributed by atoms with Crippen molar-refractivity contribution in [1.82, 2.24) is 4.90 Å². The molecule has 0 aliphatic carbocycles. The maximum absolute atomic E-state index is 12.2. The van der Waals surface area contributed by atoms with Gasteiger partial charge in [-0.05, 0) is 31.5 Å². The molecule has 1 amide bonds. The Bertz CT molecular complexity index is 460. The highest BCUT2D eigenvalue weighted by molar-refractivity contribution is 9.10. The summed E-state index contributed by atoms with van der Waals surface area (Å²) in [4.78, 5) is 24.8. The number of carbonyl (C=O) groups excluding carboxylic acids is 2. The van der Waals surface area contributed by atoms with E-state index in [-0.39, 0.29) is 12.5 Å². The van der Waals surface area contributed by atoms with Crippen LogP contribution in [0.1, 0.15) is 22.8 Å². The van der Waals surface area contributed by atoms with E-state index in [0.717, 1.165) is 10.0 Å². The van der Waals surface area contributed by atoms with Gasteiger partial charge in [0, 0.05) is 17.1 Å². The number of esters is 1. The molecular weight excluding hydrogens is 298 g/mol. The van der Waals surface area contributed by atoms with Gasteiger partial charge in [0.2, 0.25) is 0 Å². The number of benzene rings is 1. The monoisotopic (exact) mass is 313 g/mol. The van der Waals surface area contributed by atoms with Gasteiger partial charge in [0.05, 0.1) is 6.61 Å². The van der Waals surface area contributed by atoms with Gasteiger partial charge in [-0.15, -0.1) is 0 Å². The van der Waals surface area contributed by atoms with Crippen molar-refractivity contribution in [1.29, 1.82) is 0 Å². The maximum Gasteiger partial charge on any atom is 0.325 e. The van der Waals surface area contributed by atoms with Crippen molar-refractivity contribution < 1.29 is 14.3 Å². The van der Waals surface area contributed by atoms with Crippen molar-refractivity contribution in [3.63, 3.8) is 0 Å². The normalized spacial score (nSPS) is 10.0. The maximum atomic E-state index is 12.2. The summed E-state index contributed by atoms with van der Waals surface area (Å²) in [5.74, 6) is -0.595. The molecule has 0 heterocycles. The highest BCUT2D eigenvalue weighted by atomic mass is 79.9. The first-order valence-electron chi connectivity index (χ1n) is 5.63. The lowest BCUT2D eigenvalue weighted by Crippen LogP contribution is -2.33. The van der Waals surface area contributed by atoms with Crippen LogP contribution in [0.25, 0.3) is 0 Å². The Kier molecular flexibility index (Phi) is 5.34. The van der Waals surface area contributed by atoms with E-state index in [4.69, 9.17) is 4.74 Å². The highest BCUT2D eigenvalue weighted by Crippen LogP contribution is 2.17. The lowest BCUT2D eigenvalue weighted by Gasteiger charge is -2.17. The summed E-state index contributed by atoms with van der Waals surface area (Å²) in [7, 11) is 1.58. The first kappa shape index (κ1) is 14.7. The number of nitrogens with zero attached hydrogens (tertiary/aromatic N) is 1. The van der Waals surface area contributed by atoms with Crippen LogP contribution >= 0.6 is 15.9 Å². The summed E-state index contributed by atoms with van der Waals surface area (Å²) in [6, 6.07) is 5.48. The molecule has 1 rings (SSSR count). The Labute approximate surface area is 115 Å². The molecule has 98 valence electrons. The molecule has 18 heavy (non-hydrogen) atoms. The van der Waals surface area contributed by atoms with E-state index in [9.17, 15) is 9.59 Å². The fourth-order valence-corrected chi connectivity index (χ4v) is 1.86. The third-order valence-electron chi connectivity index (χ3n) is 2.45. The molecule has 1 aromatic carbocycles. The van der Waals surface area contributed by atoms with Crippen molar-refractivity contribution in [2.24, 2.45) is 0 Å². The van der Waals surface area contributed by atoms with E-state index >= 15 is 0 Å². The van der Waals surface area contributed by atoms with Crippen LogP contribution in [-0.2, 0) is 9.53 Å². The van der Waals surface area contributed by atoms with Gasteiger partial charge in [0.25, 0.3) is 5.91 Å². The summed E-state index contributed by atoms with van der Waals surface area (Å²) in [6.07, 6.45) is 0. The minimum absolute atomic E-state index is 0.0430. The SMILES string of the molecule is CCOC(=O)CN(C)C(=O)c1cc(Br)ccc1C. The summed E-state index contributed by atoms with van der Waals surface area (Å²) >= 11 is 3.33. The van der Waals surface area contributed by atoms with Gasteiger partial charge < -0.3 is 9.64 Å². The number of halogens is 1. The molecule has 0 radical (unpaired) electrons. The van der Waals surface area contributed by atoms with Crippen LogP contribution in [0.5, 0.6) is 0 Å². The Balaban J connectivity index is 2.80. The fraction of sp³-hybridized carbons (Fsp3) is 0.385. The van der Waals surface area contributed by atoms with Gasteiger partial charge in [-0.2, -0.15) is 0 Å². The van der Waals surface area contributed by atoms with Gasteiger partial charge in [0.1, 0.15) is 6.54 Å². The predicted octanol–water partition coefficient (Wildman–Crippen LogP) is 2.39. The molecule has 0 fully saturated rings. The molecule has 0 aliphatic rings. The van der Waals surface area contributed by atoms with Crippen molar-refractivity contribution in [3.8, 4) is 0 Å². The zero-order valence-electron chi connectivity index (χ0n) is 10.7. The zero-order valence-corrected chi connectivity index (χ0v) is 12.3. The molecular formula is C13H16BrNO3. The zero-order chi connectivity index (χ0) is 13.7. The number of hydrogen-bond acceptors (Lipinski definition) is 3. The second-order valence-electron chi connectivity index (χ2n) is 3.93. The molecule has 0 aliphatic heterocycles. The molecule has 4 nitrogen and oxygen atoms in total. The molecule has 0 saturated heterocycles. The number of aryl methyl sites for hydroxylation is 1. The lowest BCUT2D eigenvalue weighted by atomic mass is 10.1. The van der Waals surface area contributed by atoms with E-state index in [1.807, 2.05) is 19.1 Å². The summed E-state index contributed by atoms with van der Waals surface area (Å²) in [5, 5.41) is 0. The number of amides is 1. The predicted molar refractivity (Wildman–Crippen MR) is 72.5 cm³/mol. The van der Waals surface area contributed by atoms with Gasteiger partial charge in [0.15, 0.2) is 0 Å². The average molecular weight is 314 g/mol. The smallest absolute Gasteiger partial charge is 0.325 e.